The van der Waals surface area contributed by atoms with Crippen LogP contribution in [0.15, 0.2) is 30.3 Å². The summed E-state index contributed by atoms with van der Waals surface area (Å²) in [5.74, 6) is 0. The van der Waals surface area contributed by atoms with Gasteiger partial charge in [-0.05, 0) is 31.2 Å². The second-order valence-corrected chi connectivity index (χ2v) is 6.03. The smallest absolute Gasteiger partial charge is 0.158 e. The van der Waals surface area contributed by atoms with E-state index in [4.69, 9.17) is 9.47 Å². The minimum Gasteiger partial charge on any atom is -0.387 e. The van der Waals surface area contributed by atoms with Crippen LogP contribution in [-0.2, 0) is 9.47 Å². The number of hydrogen-bond donors (Lipinski definition) is 1. The van der Waals surface area contributed by atoms with Gasteiger partial charge in [0.15, 0.2) is 6.29 Å². The monoisotopic (exact) mass is 291 g/mol. The van der Waals surface area contributed by atoms with Crippen LogP contribution in [0.1, 0.15) is 37.4 Å². The minimum atomic E-state index is -0.420. The molecule has 0 bridgehead atoms. The van der Waals surface area contributed by atoms with E-state index < -0.39 is 6.10 Å². The highest BCUT2D eigenvalue weighted by Gasteiger charge is 2.28. The molecular weight excluding hydrogens is 266 g/mol. The number of aliphatic hydroxyl groups excluding tert-OH is 1. The molecule has 2 saturated heterocycles. The van der Waals surface area contributed by atoms with Gasteiger partial charge >= 0.3 is 0 Å². The second-order valence-electron chi connectivity index (χ2n) is 6.03. The first-order valence-electron chi connectivity index (χ1n) is 8.04. The first-order valence-corrected chi connectivity index (χ1v) is 8.04. The summed E-state index contributed by atoms with van der Waals surface area (Å²) in [6, 6.07) is 9.86. The highest BCUT2D eigenvalue weighted by molar-refractivity contribution is 5.17. The fourth-order valence-corrected chi connectivity index (χ4v) is 3.13. The van der Waals surface area contributed by atoms with E-state index in [9.17, 15) is 5.11 Å². The fourth-order valence-electron chi connectivity index (χ4n) is 3.13. The number of ether oxygens (including phenoxy) is 2. The van der Waals surface area contributed by atoms with Gasteiger partial charge in [-0.3, -0.25) is 4.90 Å². The number of hydrogen-bond acceptors (Lipinski definition) is 4. The van der Waals surface area contributed by atoms with Gasteiger partial charge < -0.3 is 14.6 Å². The lowest BCUT2D eigenvalue weighted by Crippen LogP contribution is -2.31. The van der Waals surface area contributed by atoms with Crippen LogP contribution in [0.2, 0.25) is 0 Å². The molecule has 2 aliphatic rings. The molecule has 1 aromatic rings. The quantitative estimate of drug-likeness (QED) is 0.904. The summed E-state index contributed by atoms with van der Waals surface area (Å²) >= 11 is 0. The predicted octanol–water partition coefficient (Wildman–Crippen LogP) is 2.34. The van der Waals surface area contributed by atoms with Crippen molar-refractivity contribution < 1.29 is 14.6 Å². The van der Waals surface area contributed by atoms with E-state index in [1.807, 2.05) is 30.3 Å². The molecule has 0 saturated carbocycles. The summed E-state index contributed by atoms with van der Waals surface area (Å²) < 4.78 is 11.7. The SMILES string of the molecule is OC(CN1CCC(OC2CCCCO2)C1)c1ccccc1. The van der Waals surface area contributed by atoms with Gasteiger partial charge in [-0.2, -0.15) is 0 Å². The van der Waals surface area contributed by atoms with Crippen molar-refractivity contribution in [3.63, 3.8) is 0 Å². The van der Waals surface area contributed by atoms with Gasteiger partial charge in [-0.1, -0.05) is 30.3 Å². The fraction of sp³-hybridized carbons (Fsp3) is 0.647. The molecule has 1 N–H and O–H groups in total. The van der Waals surface area contributed by atoms with Gasteiger partial charge in [0.05, 0.1) is 12.2 Å². The molecule has 3 atom stereocenters. The molecule has 3 rings (SSSR count). The Kier molecular flexibility index (Phi) is 5.25. The Hall–Kier alpha value is -0.940. The van der Waals surface area contributed by atoms with Crippen LogP contribution in [-0.4, -0.2) is 48.6 Å². The van der Waals surface area contributed by atoms with Crippen molar-refractivity contribution in [1.29, 1.82) is 0 Å². The predicted molar refractivity (Wildman–Crippen MR) is 80.9 cm³/mol. The van der Waals surface area contributed by atoms with Gasteiger partial charge in [0.1, 0.15) is 0 Å². The molecule has 21 heavy (non-hydrogen) atoms. The van der Waals surface area contributed by atoms with E-state index in [1.54, 1.807) is 0 Å². The standard InChI is InChI=1S/C17H25NO3/c19-16(14-6-2-1-3-7-14)13-18-10-9-15(12-18)21-17-8-4-5-11-20-17/h1-3,6-7,15-17,19H,4-5,8-13H2. The number of rotatable bonds is 5. The van der Waals surface area contributed by atoms with E-state index in [1.165, 1.54) is 6.42 Å². The number of likely N-dealkylation sites (tertiary alicyclic amines) is 1. The van der Waals surface area contributed by atoms with Crippen molar-refractivity contribution in [2.75, 3.05) is 26.2 Å². The Morgan fingerprint density at radius 1 is 1.24 bits per heavy atom. The molecule has 2 heterocycles. The summed E-state index contributed by atoms with van der Waals surface area (Å²) in [6.45, 7) is 3.38. The van der Waals surface area contributed by atoms with Crippen LogP contribution in [0.5, 0.6) is 0 Å². The number of aliphatic hydroxyl groups is 1. The zero-order chi connectivity index (χ0) is 14.5. The van der Waals surface area contributed by atoms with E-state index in [2.05, 4.69) is 4.90 Å². The maximum absolute atomic E-state index is 10.3. The van der Waals surface area contributed by atoms with E-state index in [0.29, 0.717) is 6.54 Å². The molecule has 0 amide bonds. The maximum atomic E-state index is 10.3. The van der Waals surface area contributed by atoms with Crippen LogP contribution < -0.4 is 0 Å². The zero-order valence-corrected chi connectivity index (χ0v) is 12.5. The molecule has 116 valence electrons. The molecule has 0 aromatic heterocycles. The molecule has 2 fully saturated rings. The Balaban J connectivity index is 1.44. The largest absolute Gasteiger partial charge is 0.387 e. The van der Waals surface area contributed by atoms with Crippen LogP contribution >= 0.6 is 0 Å². The normalized spacial score (nSPS) is 28.6. The van der Waals surface area contributed by atoms with Crippen molar-refractivity contribution >= 4 is 0 Å². The summed E-state index contributed by atoms with van der Waals surface area (Å²) in [4.78, 5) is 2.28. The molecule has 0 aliphatic carbocycles. The van der Waals surface area contributed by atoms with Crippen molar-refractivity contribution in [3.05, 3.63) is 35.9 Å². The average Bonchev–Trinajstić information content (AvgIpc) is 2.96. The molecule has 4 heteroatoms. The van der Waals surface area contributed by atoms with Crippen LogP contribution in [0.25, 0.3) is 0 Å². The van der Waals surface area contributed by atoms with Gasteiger partial charge in [0.25, 0.3) is 0 Å². The van der Waals surface area contributed by atoms with Crippen molar-refractivity contribution in [2.24, 2.45) is 0 Å². The first kappa shape index (κ1) is 15.0. The minimum absolute atomic E-state index is 0.0113. The third-order valence-electron chi connectivity index (χ3n) is 4.33. The highest BCUT2D eigenvalue weighted by atomic mass is 16.7. The van der Waals surface area contributed by atoms with Gasteiger partial charge in [-0.15, -0.1) is 0 Å². The Bertz CT molecular complexity index is 419. The summed E-state index contributed by atoms with van der Waals surface area (Å²) in [6.07, 6.45) is 4.22. The maximum Gasteiger partial charge on any atom is 0.158 e. The van der Waals surface area contributed by atoms with Crippen molar-refractivity contribution in [1.82, 2.24) is 4.90 Å². The molecule has 2 aliphatic heterocycles. The first-order chi connectivity index (χ1) is 10.3. The number of β-amino-alcohol motifs (C(OH)–C–C–N with tert-alkyl or cyclic N) is 1. The van der Waals surface area contributed by atoms with Crippen molar-refractivity contribution in [3.8, 4) is 0 Å². The van der Waals surface area contributed by atoms with E-state index in [0.717, 1.165) is 44.5 Å². The molecule has 4 nitrogen and oxygen atoms in total. The lowest BCUT2D eigenvalue weighted by Gasteiger charge is -2.26. The number of nitrogens with zero attached hydrogens (tertiary/aromatic N) is 1. The Morgan fingerprint density at radius 2 is 2.10 bits per heavy atom. The summed E-state index contributed by atoms with van der Waals surface area (Å²) in [5, 5.41) is 10.3. The average molecular weight is 291 g/mol. The van der Waals surface area contributed by atoms with Crippen LogP contribution in [0.4, 0.5) is 0 Å². The van der Waals surface area contributed by atoms with E-state index in [-0.39, 0.29) is 12.4 Å². The van der Waals surface area contributed by atoms with Crippen LogP contribution in [0.3, 0.4) is 0 Å². The Labute approximate surface area is 126 Å². The van der Waals surface area contributed by atoms with Gasteiger partial charge in [-0.25, -0.2) is 0 Å². The number of benzene rings is 1. The molecule has 3 unspecified atom stereocenters. The molecular formula is C17H25NO3. The topological polar surface area (TPSA) is 41.9 Å². The third kappa shape index (κ3) is 4.27. The van der Waals surface area contributed by atoms with E-state index >= 15 is 0 Å². The zero-order valence-electron chi connectivity index (χ0n) is 12.5. The molecule has 0 radical (unpaired) electrons. The summed E-state index contributed by atoms with van der Waals surface area (Å²) in [7, 11) is 0. The molecule has 1 aromatic carbocycles. The van der Waals surface area contributed by atoms with Gasteiger partial charge in [0, 0.05) is 26.2 Å². The lowest BCUT2D eigenvalue weighted by molar-refractivity contribution is -0.185. The van der Waals surface area contributed by atoms with Crippen molar-refractivity contribution in [2.45, 2.75) is 44.2 Å². The second kappa shape index (κ2) is 7.36. The Morgan fingerprint density at radius 3 is 2.86 bits per heavy atom. The summed E-state index contributed by atoms with van der Waals surface area (Å²) in [5.41, 5.74) is 0.984. The third-order valence-corrected chi connectivity index (χ3v) is 4.33. The van der Waals surface area contributed by atoms with Crippen LogP contribution in [0, 0.1) is 0 Å². The van der Waals surface area contributed by atoms with Gasteiger partial charge in [0.2, 0.25) is 0 Å². The highest BCUT2D eigenvalue weighted by Crippen LogP contribution is 2.22. The lowest BCUT2D eigenvalue weighted by atomic mass is 10.1. The molecule has 0 spiro atoms.